The van der Waals surface area contributed by atoms with Gasteiger partial charge in [-0.05, 0) is 50.1 Å². The number of benzene rings is 2. The first-order valence-electron chi connectivity index (χ1n) is 9.72. The molecule has 5 nitrogen and oxygen atoms in total. The number of aryl methyl sites for hydroxylation is 1. The fourth-order valence-electron chi connectivity index (χ4n) is 2.94. The topological polar surface area (TPSA) is 69.6 Å². The molecule has 0 heterocycles. The van der Waals surface area contributed by atoms with E-state index < -0.39 is 0 Å². The molecule has 2 rings (SSSR count). The van der Waals surface area contributed by atoms with Crippen LogP contribution in [0.3, 0.4) is 0 Å². The molecule has 0 aliphatic carbocycles. The number of nitrogens with one attached hydrogen (secondary N) is 1. The first-order valence-corrected chi connectivity index (χ1v) is 9.72. The minimum atomic E-state index is -0.349. The molecule has 0 bridgehead atoms. The molecule has 0 saturated carbocycles. The van der Waals surface area contributed by atoms with Gasteiger partial charge in [-0.15, -0.1) is 0 Å². The van der Waals surface area contributed by atoms with E-state index in [1.807, 2.05) is 64.1 Å². The molecule has 0 radical (unpaired) electrons. The predicted octanol–water partition coefficient (Wildman–Crippen LogP) is 3.78. The number of hydrogen-bond donors (Lipinski definition) is 2. The van der Waals surface area contributed by atoms with Crippen LogP contribution in [-0.2, 0) is 4.79 Å². The highest BCUT2D eigenvalue weighted by Gasteiger charge is 2.20. The summed E-state index contributed by atoms with van der Waals surface area (Å²) in [4.78, 5) is 27.1. The quantitative estimate of drug-likeness (QED) is 0.766. The fraction of sp³-hybridized carbons (Fsp3) is 0.391. The van der Waals surface area contributed by atoms with E-state index in [0.29, 0.717) is 17.8 Å². The van der Waals surface area contributed by atoms with Gasteiger partial charge < -0.3 is 15.3 Å². The van der Waals surface area contributed by atoms with E-state index in [4.69, 9.17) is 0 Å². The Morgan fingerprint density at radius 2 is 1.68 bits per heavy atom. The van der Waals surface area contributed by atoms with Crippen molar-refractivity contribution in [3.63, 3.8) is 0 Å². The van der Waals surface area contributed by atoms with E-state index in [9.17, 15) is 14.7 Å². The van der Waals surface area contributed by atoms with E-state index in [2.05, 4.69) is 5.32 Å². The van der Waals surface area contributed by atoms with Gasteiger partial charge in [0.25, 0.3) is 5.91 Å². The Hall–Kier alpha value is -2.66. The summed E-state index contributed by atoms with van der Waals surface area (Å²) < 4.78 is 0. The lowest BCUT2D eigenvalue weighted by Crippen LogP contribution is -2.36. The summed E-state index contributed by atoms with van der Waals surface area (Å²) in [6.45, 7) is 9.80. The first kappa shape index (κ1) is 21.6. The van der Waals surface area contributed by atoms with Gasteiger partial charge in [0.05, 0.1) is 6.61 Å². The Labute approximate surface area is 167 Å². The van der Waals surface area contributed by atoms with Gasteiger partial charge in [0.15, 0.2) is 0 Å². The average molecular weight is 383 g/mol. The minimum Gasteiger partial charge on any atom is -0.394 e. The van der Waals surface area contributed by atoms with E-state index in [0.717, 1.165) is 16.7 Å². The van der Waals surface area contributed by atoms with Crippen molar-refractivity contribution in [3.05, 3.63) is 53.6 Å². The lowest BCUT2D eigenvalue weighted by atomic mass is 9.99. The third-order valence-electron chi connectivity index (χ3n) is 4.60. The number of carbonyl (C=O) groups is 2. The molecular formula is C23H30N2O3. The summed E-state index contributed by atoms with van der Waals surface area (Å²) in [5.74, 6) is -0.405. The van der Waals surface area contributed by atoms with Crippen molar-refractivity contribution in [3.8, 4) is 11.1 Å². The average Bonchev–Trinajstić information content (AvgIpc) is 2.68. The van der Waals surface area contributed by atoms with Gasteiger partial charge in [-0.1, -0.05) is 43.7 Å². The highest BCUT2D eigenvalue weighted by Crippen LogP contribution is 2.28. The number of aliphatic hydroxyl groups excluding tert-OH is 1. The van der Waals surface area contributed by atoms with Crippen molar-refractivity contribution < 1.29 is 14.7 Å². The van der Waals surface area contributed by atoms with Gasteiger partial charge in [-0.3, -0.25) is 9.59 Å². The second-order valence-electron chi connectivity index (χ2n) is 7.43. The van der Waals surface area contributed by atoms with Crippen LogP contribution in [0, 0.1) is 12.8 Å². The summed E-state index contributed by atoms with van der Waals surface area (Å²) in [6, 6.07) is 13.2. The summed E-state index contributed by atoms with van der Waals surface area (Å²) in [7, 11) is 0. The molecule has 2 amide bonds. The Kier molecular flexibility index (Phi) is 7.35. The van der Waals surface area contributed by atoms with Crippen LogP contribution < -0.4 is 10.2 Å². The highest BCUT2D eigenvalue weighted by atomic mass is 16.3. The van der Waals surface area contributed by atoms with Crippen molar-refractivity contribution >= 4 is 17.5 Å². The van der Waals surface area contributed by atoms with Gasteiger partial charge in [0, 0.05) is 29.8 Å². The molecule has 1 atom stereocenters. The minimum absolute atomic E-state index is 0.0126. The zero-order valence-corrected chi connectivity index (χ0v) is 17.3. The van der Waals surface area contributed by atoms with Gasteiger partial charge >= 0.3 is 0 Å². The molecule has 0 fully saturated rings. The van der Waals surface area contributed by atoms with Crippen LogP contribution in [0.15, 0.2) is 42.5 Å². The predicted molar refractivity (Wildman–Crippen MR) is 113 cm³/mol. The molecule has 0 saturated heterocycles. The molecule has 0 aliphatic rings. The molecule has 2 N–H and O–H groups in total. The molecule has 2 aromatic rings. The smallest absolute Gasteiger partial charge is 0.251 e. The third kappa shape index (κ3) is 5.20. The van der Waals surface area contributed by atoms with Crippen molar-refractivity contribution in [2.45, 2.75) is 40.7 Å². The second-order valence-corrected chi connectivity index (χ2v) is 7.43. The molecule has 0 aromatic heterocycles. The molecule has 0 spiro atoms. The van der Waals surface area contributed by atoms with E-state index >= 15 is 0 Å². The molecule has 150 valence electrons. The van der Waals surface area contributed by atoms with E-state index in [1.54, 1.807) is 17.9 Å². The summed E-state index contributed by atoms with van der Waals surface area (Å²) >= 11 is 0. The van der Waals surface area contributed by atoms with Gasteiger partial charge in [0.1, 0.15) is 0 Å². The maximum absolute atomic E-state index is 12.7. The molecule has 0 unspecified atom stereocenters. The van der Waals surface area contributed by atoms with Crippen LogP contribution in [0.5, 0.6) is 0 Å². The number of hydrogen-bond acceptors (Lipinski definition) is 3. The summed E-state index contributed by atoms with van der Waals surface area (Å²) in [6.07, 6.45) is 0. The van der Waals surface area contributed by atoms with Crippen LogP contribution in [0.25, 0.3) is 11.1 Å². The van der Waals surface area contributed by atoms with Crippen LogP contribution in [-0.4, -0.2) is 36.1 Å². The molecular weight excluding hydrogens is 352 g/mol. The summed E-state index contributed by atoms with van der Waals surface area (Å²) in [5, 5.41) is 12.0. The van der Waals surface area contributed by atoms with E-state index in [1.165, 1.54) is 0 Å². The van der Waals surface area contributed by atoms with Crippen molar-refractivity contribution in [2.24, 2.45) is 5.92 Å². The van der Waals surface area contributed by atoms with Crippen molar-refractivity contribution in [1.29, 1.82) is 0 Å². The number of amides is 2. The molecule has 0 aliphatic heterocycles. The van der Waals surface area contributed by atoms with Crippen LogP contribution in [0.4, 0.5) is 5.69 Å². The Bertz CT molecular complexity index is 828. The number of rotatable bonds is 7. The van der Waals surface area contributed by atoms with E-state index in [-0.39, 0.29) is 30.4 Å². The Morgan fingerprint density at radius 1 is 1.04 bits per heavy atom. The SMILES string of the molecule is CCN(C(=O)C(C)C)c1cc(C(=O)N[C@@H](C)CO)cc(-c2ccc(C)cc2)c1. The maximum Gasteiger partial charge on any atom is 0.251 e. The van der Waals surface area contributed by atoms with Crippen molar-refractivity contribution in [1.82, 2.24) is 5.32 Å². The normalized spacial score (nSPS) is 12.0. The largest absolute Gasteiger partial charge is 0.394 e. The zero-order valence-electron chi connectivity index (χ0n) is 17.3. The Balaban J connectivity index is 2.55. The third-order valence-corrected chi connectivity index (χ3v) is 4.60. The number of nitrogens with zero attached hydrogens (tertiary/aromatic N) is 1. The maximum atomic E-state index is 12.7. The standard InChI is InChI=1S/C23H30N2O3/c1-6-25(23(28)15(2)3)21-12-19(18-9-7-16(4)8-10-18)11-20(13-21)22(27)24-17(5)14-26/h7-13,15,17,26H,6,14H2,1-5H3,(H,24,27)/t17-/m0/s1. The van der Waals surface area contributed by atoms with Crippen LogP contribution >= 0.6 is 0 Å². The second kappa shape index (κ2) is 9.51. The van der Waals surface area contributed by atoms with Crippen LogP contribution in [0.1, 0.15) is 43.6 Å². The molecule has 2 aromatic carbocycles. The Morgan fingerprint density at radius 3 is 2.21 bits per heavy atom. The van der Waals surface area contributed by atoms with Crippen LogP contribution in [0.2, 0.25) is 0 Å². The molecule has 28 heavy (non-hydrogen) atoms. The lowest BCUT2D eigenvalue weighted by Gasteiger charge is -2.24. The lowest BCUT2D eigenvalue weighted by molar-refractivity contribution is -0.121. The van der Waals surface area contributed by atoms with Crippen molar-refractivity contribution in [2.75, 3.05) is 18.1 Å². The summed E-state index contributed by atoms with van der Waals surface area (Å²) in [5.41, 5.74) is 4.16. The number of carbonyl (C=O) groups excluding carboxylic acids is 2. The monoisotopic (exact) mass is 382 g/mol. The number of aliphatic hydroxyl groups is 1. The number of anilines is 1. The van der Waals surface area contributed by atoms with Gasteiger partial charge in [-0.25, -0.2) is 0 Å². The highest BCUT2D eigenvalue weighted by molar-refractivity contribution is 6.00. The first-order chi connectivity index (χ1) is 13.3. The fourth-order valence-corrected chi connectivity index (χ4v) is 2.94. The molecule has 5 heteroatoms. The zero-order chi connectivity index (χ0) is 20.8. The van der Waals surface area contributed by atoms with Gasteiger partial charge in [0.2, 0.25) is 5.91 Å². The van der Waals surface area contributed by atoms with Gasteiger partial charge in [-0.2, -0.15) is 0 Å².